The summed E-state index contributed by atoms with van der Waals surface area (Å²) in [6, 6.07) is 3.01. The topological polar surface area (TPSA) is 97.6 Å². The first-order valence-electron chi connectivity index (χ1n) is 7.00. The van der Waals surface area contributed by atoms with Crippen LogP contribution in [0.5, 0.6) is 5.88 Å². The molecule has 1 aliphatic rings. The van der Waals surface area contributed by atoms with E-state index >= 15 is 0 Å². The van der Waals surface area contributed by atoms with Gasteiger partial charge in [-0.15, -0.1) is 0 Å². The molecule has 0 aliphatic carbocycles. The Morgan fingerprint density at radius 2 is 2.09 bits per heavy atom. The van der Waals surface area contributed by atoms with Crippen molar-refractivity contribution in [3.8, 4) is 5.88 Å². The number of ether oxygens (including phenoxy) is 1. The quantitative estimate of drug-likeness (QED) is 0.892. The average Bonchev–Trinajstić information content (AvgIpc) is 2.54. The molecule has 0 atom stereocenters. The molecule has 0 unspecified atom stereocenters. The van der Waals surface area contributed by atoms with Crippen molar-refractivity contribution in [3.05, 3.63) is 28.7 Å². The summed E-state index contributed by atoms with van der Waals surface area (Å²) in [5, 5.41) is 9.01. The summed E-state index contributed by atoms with van der Waals surface area (Å²) >= 11 is 0. The van der Waals surface area contributed by atoms with Gasteiger partial charge in [0.2, 0.25) is 5.88 Å². The van der Waals surface area contributed by atoms with Crippen molar-refractivity contribution in [2.24, 2.45) is 0 Å². The third-order valence-electron chi connectivity index (χ3n) is 3.92. The fourth-order valence-electron chi connectivity index (χ4n) is 2.77. The molecule has 1 amide bonds. The number of aromatic nitrogens is 3. The number of carbonyl (C=O) groups is 1. The summed E-state index contributed by atoms with van der Waals surface area (Å²) < 4.78 is 6.68. The number of pyridine rings is 1. The molecule has 22 heavy (non-hydrogen) atoms. The second kappa shape index (κ2) is 5.63. The standard InChI is InChI=1S/C14H16N4O4/c1-22-11-8-15-10-2-3-12(19)18(13(10)16-11)9-4-6-17(7-5-9)14(20)21/h2-3,8-9H,4-7H2,1H3,(H,20,21). The van der Waals surface area contributed by atoms with Crippen LogP contribution in [0.25, 0.3) is 11.2 Å². The van der Waals surface area contributed by atoms with E-state index in [-0.39, 0.29) is 11.6 Å². The van der Waals surface area contributed by atoms with Crippen molar-refractivity contribution in [1.29, 1.82) is 0 Å². The van der Waals surface area contributed by atoms with Gasteiger partial charge in [-0.05, 0) is 18.9 Å². The van der Waals surface area contributed by atoms with Crippen molar-refractivity contribution < 1.29 is 14.6 Å². The Labute approximate surface area is 126 Å². The van der Waals surface area contributed by atoms with E-state index in [1.165, 1.54) is 24.3 Å². The van der Waals surface area contributed by atoms with Gasteiger partial charge < -0.3 is 14.7 Å². The van der Waals surface area contributed by atoms with Crippen LogP contribution >= 0.6 is 0 Å². The molecule has 0 bridgehead atoms. The fourth-order valence-corrected chi connectivity index (χ4v) is 2.77. The predicted octanol–water partition coefficient (Wildman–Crippen LogP) is 1.11. The minimum Gasteiger partial charge on any atom is -0.480 e. The summed E-state index contributed by atoms with van der Waals surface area (Å²) in [4.78, 5) is 33.2. The lowest BCUT2D eigenvalue weighted by atomic mass is 10.0. The Bertz CT molecular complexity index is 765. The molecule has 116 valence electrons. The highest BCUT2D eigenvalue weighted by Crippen LogP contribution is 2.24. The number of hydrogen-bond donors (Lipinski definition) is 1. The average molecular weight is 304 g/mol. The monoisotopic (exact) mass is 304 g/mol. The van der Waals surface area contributed by atoms with E-state index in [0.717, 1.165) is 0 Å². The van der Waals surface area contributed by atoms with Gasteiger partial charge in [0.05, 0.1) is 13.3 Å². The number of fused-ring (bicyclic) bond motifs is 1. The SMILES string of the molecule is COc1cnc2ccc(=O)n(C3CCN(C(=O)O)CC3)c2n1. The first-order chi connectivity index (χ1) is 10.6. The lowest BCUT2D eigenvalue weighted by Crippen LogP contribution is -2.40. The first kappa shape index (κ1) is 14.3. The lowest BCUT2D eigenvalue weighted by molar-refractivity contribution is 0.125. The smallest absolute Gasteiger partial charge is 0.407 e. The molecule has 3 rings (SSSR count). The number of methoxy groups -OCH3 is 1. The van der Waals surface area contributed by atoms with Crippen LogP contribution in [0, 0.1) is 0 Å². The molecule has 2 aromatic heterocycles. The van der Waals surface area contributed by atoms with Crippen molar-refractivity contribution in [2.75, 3.05) is 20.2 Å². The lowest BCUT2D eigenvalue weighted by Gasteiger charge is -2.31. The molecule has 1 N–H and O–H groups in total. The zero-order chi connectivity index (χ0) is 15.7. The van der Waals surface area contributed by atoms with Gasteiger partial charge >= 0.3 is 6.09 Å². The maximum absolute atomic E-state index is 12.3. The molecule has 1 fully saturated rings. The van der Waals surface area contributed by atoms with Crippen LogP contribution in [0.3, 0.4) is 0 Å². The molecule has 1 aliphatic heterocycles. The molecule has 0 radical (unpaired) electrons. The third kappa shape index (κ3) is 2.47. The molecule has 0 aromatic carbocycles. The zero-order valence-corrected chi connectivity index (χ0v) is 12.1. The summed E-state index contributed by atoms with van der Waals surface area (Å²) in [6.45, 7) is 0.806. The molecule has 8 nitrogen and oxygen atoms in total. The van der Waals surface area contributed by atoms with Gasteiger partial charge in [0.15, 0.2) is 5.65 Å². The fraction of sp³-hybridized carbons (Fsp3) is 0.429. The largest absolute Gasteiger partial charge is 0.480 e. The summed E-state index contributed by atoms with van der Waals surface area (Å²) in [5.74, 6) is 0.342. The van der Waals surface area contributed by atoms with Gasteiger partial charge in [0.1, 0.15) is 5.52 Å². The van der Waals surface area contributed by atoms with Crippen molar-refractivity contribution in [3.63, 3.8) is 0 Å². The molecule has 8 heteroatoms. The third-order valence-corrected chi connectivity index (χ3v) is 3.92. The number of nitrogens with zero attached hydrogens (tertiary/aromatic N) is 4. The molecule has 0 spiro atoms. The van der Waals surface area contributed by atoms with Crippen LogP contribution in [-0.4, -0.2) is 50.8 Å². The number of likely N-dealkylation sites (tertiary alicyclic amines) is 1. The van der Waals surface area contributed by atoms with Crippen LogP contribution < -0.4 is 10.3 Å². The van der Waals surface area contributed by atoms with Crippen LogP contribution in [0.2, 0.25) is 0 Å². The van der Waals surface area contributed by atoms with Gasteiger partial charge in [-0.25, -0.2) is 9.78 Å². The Morgan fingerprint density at radius 3 is 2.73 bits per heavy atom. The highest BCUT2D eigenvalue weighted by molar-refractivity contribution is 5.70. The normalized spacial score (nSPS) is 16.0. The maximum atomic E-state index is 12.3. The Kier molecular flexibility index (Phi) is 3.66. The van der Waals surface area contributed by atoms with Crippen LogP contribution in [0.15, 0.2) is 23.1 Å². The summed E-state index contributed by atoms with van der Waals surface area (Å²) in [6.07, 6.45) is 1.73. The van der Waals surface area contributed by atoms with E-state index in [1.807, 2.05) is 0 Å². The van der Waals surface area contributed by atoms with Crippen molar-refractivity contribution in [1.82, 2.24) is 19.4 Å². The Morgan fingerprint density at radius 1 is 1.36 bits per heavy atom. The molecule has 3 heterocycles. The van der Waals surface area contributed by atoms with Gasteiger partial charge in [-0.3, -0.25) is 9.36 Å². The molecule has 0 saturated carbocycles. The van der Waals surface area contributed by atoms with E-state index in [4.69, 9.17) is 9.84 Å². The zero-order valence-electron chi connectivity index (χ0n) is 12.1. The molecule has 1 saturated heterocycles. The number of piperidine rings is 1. The van der Waals surface area contributed by atoms with Gasteiger partial charge in [-0.1, -0.05) is 0 Å². The van der Waals surface area contributed by atoms with E-state index < -0.39 is 6.09 Å². The highest BCUT2D eigenvalue weighted by Gasteiger charge is 2.25. The van der Waals surface area contributed by atoms with Gasteiger partial charge in [0.25, 0.3) is 5.56 Å². The Balaban J connectivity index is 2.01. The van der Waals surface area contributed by atoms with E-state index in [0.29, 0.717) is 43.0 Å². The number of carboxylic acid groups (broad SMARTS) is 1. The number of amides is 1. The van der Waals surface area contributed by atoms with Crippen molar-refractivity contribution >= 4 is 17.3 Å². The Hall–Kier alpha value is -2.64. The second-order valence-corrected chi connectivity index (χ2v) is 5.16. The summed E-state index contributed by atoms with van der Waals surface area (Å²) in [7, 11) is 1.49. The van der Waals surface area contributed by atoms with E-state index in [1.54, 1.807) is 10.6 Å². The first-order valence-corrected chi connectivity index (χ1v) is 7.00. The number of hydrogen-bond acceptors (Lipinski definition) is 5. The predicted molar refractivity (Wildman–Crippen MR) is 78.2 cm³/mol. The second-order valence-electron chi connectivity index (χ2n) is 5.16. The molecule has 2 aromatic rings. The number of rotatable bonds is 2. The minimum absolute atomic E-state index is 0.0896. The van der Waals surface area contributed by atoms with Gasteiger partial charge in [-0.2, -0.15) is 4.98 Å². The van der Waals surface area contributed by atoms with E-state index in [9.17, 15) is 9.59 Å². The van der Waals surface area contributed by atoms with Crippen LogP contribution in [0.1, 0.15) is 18.9 Å². The summed E-state index contributed by atoms with van der Waals surface area (Å²) in [5.41, 5.74) is 0.922. The van der Waals surface area contributed by atoms with Crippen LogP contribution in [0.4, 0.5) is 4.79 Å². The maximum Gasteiger partial charge on any atom is 0.407 e. The van der Waals surface area contributed by atoms with Crippen molar-refractivity contribution in [2.45, 2.75) is 18.9 Å². The highest BCUT2D eigenvalue weighted by atomic mass is 16.5. The van der Waals surface area contributed by atoms with E-state index in [2.05, 4.69) is 9.97 Å². The van der Waals surface area contributed by atoms with Crippen LogP contribution in [-0.2, 0) is 0 Å². The molecular weight excluding hydrogens is 288 g/mol. The minimum atomic E-state index is -0.926. The van der Waals surface area contributed by atoms with Gasteiger partial charge in [0, 0.05) is 25.2 Å². The molecular formula is C14H16N4O4.